The van der Waals surface area contributed by atoms with Crippen LogP contribution in [0.15, 0.2) is 0 Å². The maximum atomic E-state index is 14.1. The van der Waals surface area contributed by atoms with Gasteiger partial charge in [0.15, 0.2) is 0 Å². The number of carbonyl (C=O) groups is 1. The number of carbonyl (C=O) groups excluding carboxylic acids is 1. The van der Waals surface area contributed by atoms with E-state index in [1.807, 2.05) is 0 Å². The van der Waals surface area contributed by atoms with E-state index in [4.69, 9.17) is 0 Å². The molecule has 0 heterocycles. The van der Waals surface area contributed by atoms with Gasteiger partial charge in [-0.15, -0.1) is 0 Å². The third kappa shape index (κ3) is 12.1. The van der Waals surface area contributed by atoms with Crippen LogP contribution in [0, 0.1) is 5.92 Å². The van der Waals surface area contributed by atoms with Crippen LogP contribution >= 0.6 is 47.8 Å². The average Bonchev–Trinajstić information content (AvgIpc) is 2.57. The van der Waals surface area contributed by atoms with Crippen LogP contribution in [0.25, 0.3) is 0 Å². The highest BCUT2D eigenvalue weighted by atomic mass is 79.9. The molecular formula is C19H33Br3F2O. The molecule has 0 spiro atoms. The number of unbranched alkanes of at least 4 members (excludes halogenated alkanes) is 10. The van der Waals surface area contributed by atoms with Crippen LogP contribution in [-0.4, -0.2) is 20.8 Å². The van der Waals surface area contributed by atoms with Gasteiger partial charge in [0.1, 0.15) is 9.52 Å². The highest BCUT2D eigenvalue weighted by Gasteiger charge is 2.47. The zero-order valence-electron chi connectivity index (χ0n) is 15.4. The predicted octanol–water partition coefficient (Wildman–Crippen LogP) is 8.41. The number of hydrogen-bond donors (Lipinski definition) is 0. The smallest absolute Gasteiger partial charge is 0.279 e. The van der Waals surface area contributed by atoms with Gasteiger partial charge in [-0.25, -0.2) is 8.78 Å². The molecule has 0 saturated carbocycles. The van der Waals surface area contributed by atoms with E-state index < -0.39 is 15.6 Å². The molecule has 0 aliphatic rings. The molecule has 1 atom stereocenters. The monoisotopic (exact) mass is 552 g/mol. The van der Waals surface area contributed by atoms with Gasteiger partial charge in [-0.3, -0.25) is 4.79 Å². The quantitative estimate of drug-likeness (QED) is 0.130. The largest absolute Gasteiger partial charge is 0.299 e. The summed E-state index contributed by atoms with van der Waals surface area (Å²) in [5, 5.41) is 0.407. The van der Waals surface area contributed by atoms with Crippen LogP contribution in [0.4, 0.5) is 8.78 Å². The standard InChI is InChI=1S/C19H33Br3F2O/c1-2-3-4-5-6-7-8-9-10-11-12-13-17(25)16(14-15-20)19(23,24)18(21)22/h16,18H,2-15H2,1H3. The Morgan fingerprint density at radius 2 is 1.32 bits per heavy atom. The Kier molecular flexibility index (Phi) is 16.6. The first-order chi connectivity index (χ1) is 11.9. The van der Waals surface area contributed by atoms with Gasteiger partial charge in [-0.2, -0.15) is 0 Å². The Bertz CT molecular complexity index is 339. The van der Waals surface area contributed by atoms with Crippen LogP contribution in [0.2, 0.25) is 0 Å². The van der Waals surface area contributed by atoms with Crippen molar-refractivity contribution in [3.05, 3.63) is 0 Å². The average molecular weight is 555 g/mol. The van der Waals surface area contributed by atoms with Gasteiger partial charge in [-0.1, -0.05) is 119 Å². The molecule has 0 aromatic heterocycles. The van der Waals surface area contributed by atoms with Crippen LogP contribution in [-0.2, 0) is 4.79 Å². The van der Waals surface area contributed by atoms with Gasteiger partial charge in [0.05, 0.1) is 5.92 Å². The maximum absolute atomic E-state index is 14.1. The number of halogens is 5. The second-order valence-corrected chi connectivity index (χ2v) is 10.6. The highest BCUT2D eigenvalue weighted by Crippen LogP contribution is 2.39. The summed E-state index contributed by atoms with van der Waals surface area (Å²) in [5.74, 6) is -4.61. The summed E-state index contributed by atoms with van der Waals surface area (Å²) in [6, 6.07) is 0. The van der Waals surface area contributed by atoms with Crippen molar-refractivity contribution in [1.82, 2.24) is 0 Å². The van der Waals surface area contributed by atoms with E-state index in [1.165, 1.54) is 51.4 Å². The lowest BCUT2D eigenvalue weighted by molar-refractivity contribution is -0.135. The molecule has 0 rings (SSSR count). The number of Topliss-reactive ketones (excluding diaryl/α,β-unsaturated/α-hetero) is 1. The Morgan fingerprint density at radius 1 is 0.880 bits per heavy atom. The molecule has 0 aliphatic heterocycles. The number of hydrogen-bond acceptors (Lipinski definition) is 1. The lowest BCUT2D eigenvalue weighted by Gasteiger charge is -2.26. The zero-order chi connectivity index (χ0) is 19.1. The molecule has 6 heteroatoms. The Labute approximate surface area is 177 Å². The van der Waals surface area contributed by atoms with Gasteiger partial charge >= 0.3 is 0 Å². The number of alkyl halides is 5. The fourth-order valence-corrected chi connectivity index (χ4v) is 4.06. The van der Waals surface area contributed by atoms with E-state index >= 15 is 0 Å². The summed E-state index contributed by atoms with van der Waals surface area (Å²) in [4.78, 5) is 12.2. The zero-order valence-corrected chi connectivity index (χ0v) is 20.1. The molecular weight excluding hydrogens is 522 g/mol. The van der Waals surface area contributed by atoms with Crippen molar-refractivity contribution in [3.63, 3.8) is 0 Å². The number of ketones is 1. The van der Waals surface area contributed by atoms with E-state index in [2.05, 4.69) is 54.7 Å². The molecule has 0 aliphatic carbocycles. The summed E-state index contributed by atoms with van der Waals surface area (Å²) in [7, 11) is 0. The van der Waals surface area contributed by atoms with E-state index in [0.717, 1.165) is 19.3 Å². The van der Waals surface area contributed by atoms with Gasteiger partial charge in [-0.05, 0) is 12.8 Å². The Morgan fingerprint density at radius 3 is 1.72 bits per heavy atom. The third-order valence-corrected chi connectivity index (χ3v) is 6.25. The van der Waals surface area contributed by atoms with Gasteiger partial charge in [0.25, 0.3) is 5.92 Å². The topological polar surface area (TPSA) is 17.1 Å². The van der Waals surface area contributed by atoms with E-state index in [-0.39, 0.29) is 18.6 Å². The molecule has 25 heavy (non-hydrogen) atoms. The third-order valence-electron chi connectivity index (χ3n) is 4.57. The molecule has 0 fully saturated rings. The van der Waals surface area contributed by atoms with E-state index in [0.29, 0.717) is 5.33 Å². The second kappa shape index (κ2) is 16.0. The fraction of sp³-hybridized carbons (Fsp3) is 0.947. The Hall–Kier alpha value is 0.970. The molecule has 0 aromatic carbocycles. The van der Waals surface area contributed by atoms with Crippen molar-refractivity contribution in [1.29, 1.82) is 0 Å². The highest BCUT2D eigenvalue weighted by molar-refractivity contribution is 9.24. The van der Waals surface area contributed by atoms with Crippen molar-refractivity contribution < 1.29 is 13.6 Å². The van der Waals surface area contributed by atoms with E-state index in [1.54, 1.807) is 0 Å². The van der Waals surface area contributed by atoms with E-state index in [9.17, 15) is 13.6 Å². The minimum atomic E-state index is -3.07. The fourth-order valence-electron chi connectivity index (χ4n) is 2.97. The minimum Gasteiger partial charge on any atom is -0.299 e. The SMILES string of the molecule is CCCCCCCCCCCCCC(=O)C(CCBr)C(F)(F)C(Br)Br. The minimum absolute atomic E-state index is 0.164. The molecule has 0 N–H and O–H groups in total. The van der Waals surface area contributed by atoms with Gasteiger partial charge < -0.3 is 0 Å². The molecule has 1 unspecified atom stereocenters. The summed E-state index contributed by atoms with van der Waals surface area (Å²) in [6.45, 7) is 2.23. The van der Waals surface area contributed by atoms with Crippen LogP contribution in [0.3, 0.4) is 0 Å². The van der Waals surface area contributed by atoms with Crippen molar-refractivity contribution in [2.45, 2.75) is 100 Å². The van der Waals surface area contributed by atoms with Crippen molar-refractivity contribution in [3.8, 4) is 0 Å². The van der Waals surface area contributed by atoms with Crippen LogP contribution < -0.4 is 0 Å². The van der Waals surface area contributed by atoms with Crippen LogP contribution in [0.1, 0.15) is 90.4 Å². The molecule has 0 bridgehead atoms. The first-order valence-electron chi connectivity index (χ1n) is 9.62. The summed E-state index contributed by atoms with van der Waals surface area (Å²) < 4.78 is 27.1. The van der Waals surface area contributed by atoms with Gasteiger partial charge in [0.2, 0.25) is 0 Å². The molecule has 150 valence electrons. The van der Waals surface area contributed by atoms with Crippen molar-refractivity contribution >= 4 is 53.6 Å². The summed E-state index contributed by atoms with van der Waals surface area (Å²) in [5.41, 5.74) is 0. The van der Waals surface area contributed by atoms with Crippen LogP contribution in [0.5, 0.6) is 0 Å². The molecule has 0 aromatic rings. The lowest BCUT2D eigenvalue weighted by atomic mass is 9.91. The maximum Gasteiger partial charge on any atom is 0.279 e. The molecule has 1 nitrogen and oxygen atoms in total. The van der Waals surface area contributed by atoms with Crippen molar-refractivity contribution in [2.24, 2.45) is 5.92 Å². The second-order valence-electron chi connectivity index (χ2n) is 6.76. The van der Waals surface area contributed by atoms with Gasteiger partial charge in [0, 0.05) is 11.8 Å². The normalized spacial score (nSPS) is 13.4. The predicted molar refractivity (Wildman–Crippen MR) is 115 cm³/mol. The molecule has 0 amide bonds. The summed E-state index contributed by atoms with van der Waals surface area (Å²) in [6.07, 6.45) is 13.6. The Balaban J connectivity index is 3.83. The molecule has 0 radical (unpaired) electrons. The first kappa shape index (κ1) is 26.0. The van der Waals surface area contributed by atoms with Crippen molar-refractivity contribution in [2.75, 3.05) is 5.33 Å². The number of rotatable bonds is 17. The molecule has 0 saturated heterocycles. The summed E-state index contributed by atoms with van der Waals surface area (Å²) >= 11 is 8.92. The lowest BCUT2D eigenvalue weighted by Crippen LogP contribution is -2.39. The first-order valence-corrected chi connectivity index (χ1v) is 12.6.